The second-order valence-electron chi connectivity index (χ2n) is 6.84. The number of nitrogens with one attached hydrogen (secondary N) is 3. The van der Waals surface area contributed by atoms with Crippen LogP contribution in [0.3, 0.4) is 0 Å². The van der Waals surface area contributed by atoms with Crippen LogP contribution < -0.4 is 16.4 Å². The minimum absolute atomic E-state index is 0.481. The number of H-pyrrole nitrogens is 1. The average Bonchev–Trinajstić information content (AvgIpc) is 3.11. The van der Waals surface area contributed by atoms with E-state index in [0.29, 0.717) is 11.9 Å². The van der Waals surface area contributed by atoms with E-state index in [-0.39, 0.29) is 0 Å². The number of anilines is 1. The molecule has 0 radical (unpaired) electrons. The van der Waals surface area contributed by atoms with E-state index in [9.17, 15) is 0 Å². The van der Waals surface area contributed by atoms with Gasteiger partial charge in [0.2, 0.25) is 0 Å². The van der Waals surface area contributed by atoms with Crippen LogP contribution in [-0.4, -0.2) is 48.9 Å². The number of amidine groups is 1. The quantitative estimate of drug-likeness (QED) is 0.360. The number of aliphatic imine (C=N–C) groups is 1. The topological polar surface area (TPSA) is 81.5 Å². The van der Waals surface area contributed by atoms with E-state index in [1.807, 2.05) is 44.6 Å². The predicted molar refractivity (Wildman–Crippen MR) is 112 cm³/mol. The summed E-state index contributed by atoms with van der Waals surface area (Å²) in [6.07, 6.45) is 9.83. The molecule has 1 aliphatic rings. The van der Waals surface area contributed by atoms with E-state index < -0.39 is 0 Å². The molecule has 1 aromatic carbocycles. The number of terminal acetylenes is 1. The van der Waals surface area contributed by atoms with Gasteiger partial charge in [0.15, 0.2) is 0 Å². The SMILES string of the molecule is C#Cc1cccc(N=C(N)c2c(CN3CCC(NC)CC3)c[nH]c2NC)c1. The largest absolute Gasteiger partial charge is 0.383 e. The van der Waals surface area contributed by atoms with Crippen LogP contribution in [0.2, 0.25) is 0 Å². The first-order chi connectivity index (χ1) is 13.1. The lowest BCUT2D eigenvalue weighted by atomic mass is 10.0. The lowest BCUT2D eigenvalue weighted by Gasteiger charge is -2.31. The Labute approximate surface area is 161 Å². The van der Waals surface area contributed by atoms with Gasteiger partial charge < -0.3 is 21.4 Å². The fourth-order valence-electron chi connectivity index (χ4n) is 3.56. The standard InChI is InChI=1S/C21H28N6/c1-4-15-6-5-7-18(12-15)26-20(22)19-16(13-25-21(19)24-3)14-27-10-8-17(23-2)9-11-27/h1,5-7,12-13,17,23-25H,8-11,14H2,2-3H3,(H2,22,26). The molecule has 0 bridgehead atoms. The third-order valence-electron chi connectivity index (χ3n) is 5.12. The zero-order valence-electron chi connectivity index (χ0n) is 16.0. The molecule has 2 aromatic rings. The summed E-state index contributed by atoms with van der Waals surface area (Å²) in [5, 5.41) is 6.55. The molecule has 0 aliphatic carbocycles. The molecular weight excluding hydrogens is 336 g/mol. The number of benzene rings is 1. The molecule has 6 heteroatoms. The normalized spacial score (nSPS) is 16.3. The van der Waals surface area contributed by atoms with Gasteiger partial charge in [-0.15, -0.1) is 6.42 Å². The van der Waals surface area contributed by atoms with E-state index in [2.05, 4.69) is 31.4 Å². The third-order valence-corrected chi connectivity index (χ3v) is 5.12. The van der Waals surface area contributed by atoms with E-state index in [1.165, 1.54) is 0 Å². The van der Waals surface area contributed by atoms with E-state index in [0.717, 1.165) is 60.7 Å². The van der Waals surface area contributed by atoms with Crippen LogP contribution in [0.1, 0.15) is 29.5 Å². The Morgan fingerprint density at radius 3 is 2.81 bits per heavy atom. The van der Waals surface area contributed by atoms with Crippen LogP contribution in [0.25, 0.3) is 0 Å². The van der Waals surface area contributed by atoms with Gasteiger partial charge in [-0.05, 0) is 56.7 Å². The number of rotatable bonds is 6. The van der Waals surface area contributed by atoms with Gasteiger partial charge >= 0.3 is 0 Å². The predicted octanol–water partition coefficient (Wildman–Crippen LogP) is 2.26. The number of aromatic amines is 1. The lowest BCUT2D eigenvalue weighted by molar-refractivity contribution is 0.194. The van der Waals surface area contributed by atoms with Crippen molar-refractivity contribution >= 4 is 17.3 Å². The first kappa shape index (κ1) is 19.0. The third kappa shape index (κ3) is 4.51. The van der Waals surface area contributed by atoms with Gasteiger partial charge in [-0.3, -0.25) is 4.90 Å². The summed E-state index contributed by atoms with van der Waals surface area (Å²) in [4.78, 5) is 10.4. The Morgan fingerprint density at radius 2 is 2.15 bits per heavy atom. The van der Waals surface area contributed by atoms with Crippen LogP contribution in [0, 0.1) is 12.3 Å². The van der Waals surface area contributed by atoms with Crippen molar-refractivity contribution in [2.45, 2.75) is 25.4 Å². The Kier molecular flexibility index (Phi) is 6.17. The zero-order chi connectivity index (χ0) is 19.2. The number of nitrogens with zero attached hydrogens (tertiary/aromatic N) is 2. The molecule has 1 fully saturated rings. The number of aromatic nitrogens is 1. The number of hydrogen-bond acceptors (Lipinski definition) is 4. The Hall–Kier alpha value is -2.75. The van der Waals surface area contributed by atoms with Crippen molar-refractivity contribution in [1.82, 2.24) is 15.2 Å². The number of likely N-dealkylation sites (tertiary alicyclic amines) is 1. The molecule has 3 rings (SSSR count). The van der Waals surface area contributed by atoms with Crippen molar-refractivity contribution in [2.24, 2.45) is 10.7 Å². The van der Waals surface area contributed by atoms with Crippen molar-refractivity contribution < 1.29 is 0 Å². The van der Waals surface area contributed by atoms with Crippen LogP contribution in [0.5, 0.6) is 0 Å². The van der Waals surface area contributed by atoms with Gasteiger partial charge in [-0.25, -0.2) is 4.99 Å². The fraction of sp³-hybridized carbons (Fsp3) is 0.381. The molecule has 1 aromatic heterocycles. The van der Waals surface area contributed by atoms with Gasteiger partial charge in [-0.2, -0.15) is 0 Å². The molecule has 0 saturated carbocycles. The van der Waals surface area contributed by atoms with Crippen molar-refractivity contribution in [2.75, 3.05) is 32.5 Å². The van der Waals surface area contributed by atoms with Crippen molar-refractivity contribution in [3.63, 3.8) is 0 Å². The molecule has 0 spiro atoms. The maximum Gasteiger partial charge on any atom is 0.135 e. The van der Waals surface area contributed by atoms with Gasteiger partial charge in [0.1, 0.15) is 11.7 Å². The summed E-state index contributed by atoms with van der Waals surface area (Å²) in [7, 11) is 3.92. The monoisotopic (exact) mass is 364 g/mol. The summed E-state index contributed by atoms with van der Waals surface area (Å²) in [5.74, 6) is 3.99. The second kappa shape index (κ2) is 8.76. The van der Waals surface area contributed by atoms with Gasteiger partial charge in [0.05, 0.1) is 11.3 Å². The van der Waals surface area contributed by atoms with Crippen molar-refractivity contribution in [1.29, 1.82) is 0 Å². The van der Waals surface area contributed by atoms with Crippen molar-refractivity contribution in [3.05, 3.63) is 47.2 Å². The summed E-state index contributed by atoms with van der Waals surface area (Å²) in [6, 6.07) is 8.16. The minimum Gasteiger partial charge on any atom is -0.383 e. The molecule has 0 atom stereocenters. The average molecular weight is 364 g/mol. The van der Waals surface area contributed by atoms with Gasteiger partial charge in [0.25, 0.3) is 0 Å². The minimum atomic E-state index is 0.481. The second-order valence-corrected chi connectivity index (χ2v) is 6.84. The van der Waals surface area contributed by atoms with Crippen LogP contribution >= 0.6 is 0 Å². The maximum absolute atomic E-state index is 6.40. The van der Waals surface area contributed by atoms with E-state index in [4.69, 9.17) is 12.2 Å². The summed E-state index contributed by atoms with van der Waals surface area (Å²) in [6.45, 7) is 3.00. The molecule has 2 heterocycles. The summed E-state index contributed by atoms with van der Waals surface area (Å²) >= 11 is 0. The highest BCUT2D eigenvalue weighted by molar-refractivity contribution is 6.04. The van der Waals surface area contributed by atoms with E-state index >= 15 is 0 Å². The molecule has 27 heavy (non-hydrogen) atoms. The highest BCUT2D eigenvalue weighted by Gasteiger charge is 2.21. The molecular formula is C21H28N6. The first-order valence-corrected chi connectivity index (χ1v) is 9.33. The lowest BCUT2D eigenvalue weighted by Crippen LogP contribution is -2.40. The smallest absolute Gasteiger partial charge is 0.135 e. The van der Waals surface area contributed by atoms with Gasteiger partial charge in [-0.1, -0.05) is 12.0 Å². The molecule has 6 nitrogen and oxygen atoms in total. The van der Waals surface area contributed by atoms with Crippen LogP contribution in [-0.2, 0) is 6.54 Å². The van der Waals surface area contributed by atoms with Crippen molar-refractivity contribution in [3.8, 4) is 12.3 Å². The Morgan fingerprint density at radius 1 is 1.37 bits per heavy atom. The molecule has 1 aliphatic heterocycles. The fourth-order valence-corrected chi connectivity index (χ4v) is 3.56. The first-order valence-electron chi connectivity index (χ1n) is 9.33. The summed E-state index contributed by atoms with van der Waals surface area (Å²) in [5.41, 5.74) is 10.0. The van der Waals surface area contributed by atoms with E-state index in [1.54, 1.807) is 0 Å². The highest BCUT2D eigenvalue weighted by atomic mass is 15.1. The highest BCUT2D eigenvalue weighted by Crippen LogP contribution is 2.24. The Balaban J connectivity index is 1.83. The van der Waals surface area contributed by atoms with Gasteiger partial charge in [0, 0.05) is 31.4 Å². The zero-order valence-corrected chi connectivity index (χ0v) is 16.0. The molecule has 0 unspecified atom stereocenters. The summed E-state index contributed by atoms with van der Waals surface area (Å²) < 4.78 is 0. The number of nitrogens with two attached hydrogens (primary N) is 1. The van der Waals surface area contributed by atoms with Crippen LogP contribution in [0.4, 0.5) is 11.5 Å². The molecule has 142 valence electrons. The maximum atomic E-state index is 6.40. The Bertz CT molecular complexity index is 837. The molecule has 1 saturated heterocycles. The molecule has 5 N–H and O–H groups in total. The molecule has 0 amide bonds. The number of piperidine rings is 1. The number of hydrogen-bond donors (Lipinski definition) is 4. The van der Waals surface area contributed by atoms with Crippen LogP contribution in [0.15, 0.2) is 35.5 Å².